The molecule has 2 aliphatic carbocycles. The lowest BCUT2D eigenvalue weighted by Crippen LogP contribution is -2.45. The lowest BCUT2D eigenvalue weighted by atomic mass is 9.75. The van der Waals surface area contributed by atoms with E-state index in [0.29, 0.717) is 16.7 Å². The van der Waals surface area contributed by atoms with Crippen molar-refractivity contribution in [3.05, 3.63) is 4.88 Å². The number of fused-ring (bicyclic) bond motifs is 1. The molecular formula is C21H33N3O2S. The molecule has 3 aliphatic rings. The summed E-state index contributed by atoms with van der Waals surface area (Å²) < 4.78 is 0. The zero-order valence-corrected chi connectivity index (χ0v) is 17.1. The standard InChI is InChI=1S/C21H33N3O2S/c25-19(24-11-10-16-8-4-5-9-17(16)14-24)12-18-20(26)23-21(27-18)22-13-15-6-2-1-3-7-15/h15-17,26H,1-14H2,(H,22,23). The van der Waals surface area contributed by atoms with Crippen LogP contribution in [0.3, 0.4) is 0 Å². The molecule has 2 atom stereocenters. The largest absolute Gasteiger partial charge is 0.492 e. The van der Waals surface area contributed by atoms with E-state index in [9.17, 15) is 9.90 Å². The summed E-state index contributed by atoms with van der Waals surface area (Å²) in [5.41, 5.74) is 0. The van der Waals surface area contributed by atoms with Gasteiger partial charge in [0.25, 0.3) is 0 Å². The predicted octanol–water partition coefficient (Wildman–Crippen LogP) is 4.42. The minimum absolute atomic E-state index is 0.0343. The minimum Gasteiger partial charge on any atom is -0.492 e. The number of aromatic hydroxyl groups is 1. The molecule has 5 nitrogen and oxygen atoms in total. The smallest absolute Gasteiger partial charge is 0.228 e. The lowest BCUT2D eigenvalue weighted by Gasteiger charge is -2.41. The normalized spacial score (nSPS) is 26.6. The third-order valence-electron chi connectivity index (χ3n) is 6.90. The molecule has 0 aromatic carbocycles. The van der Waals surface area contributed by atoms with E-state index in [4.69, 9.17) is 0 Å². The molecule has 4 rings (SSSR count). The van der Waals surface area contributed by atoms with Crippen molar-refractivity contribution in [2.45, 2.75) is 70.6 Å². The molecule has 1 aliphatic heterocycles. The van der Waals surface area contributed by atoms with Crippen LogP contribution in [0.2, 0.25) is 0 Å². The van der Waals surface area contributed by atoms with E-state index in [0.717, 1.165) is 37.1 Å². The van der Waals surface area contributed by atoms with E-state index in [1.165, 1.54) is 69.1 Å². The zero-order chi connectivity index (χ0) is 18.6. The molecule has 150 valence electrons. The first-order valence-electron chi connectivity index (χ1n) is 10.9. The lowest BCUT2D eigenvalue weighted by molar-refractivity contribution is -0.133. The van der Waals surface area contributed by atoms with Gasteiger partial charge < -0.3 is 15.3 Å². The molecule has 27 heavy (non-hydrogen) atoms. The molecule has 2 saturated carbocycles. The summed E-state index contributed by atoms with van der Waals surface area (Å²) in [7, 11) is 0. The molecule has 2 N–H and O–H groups in total. The first kappa shape index (κ1) is 19.0. The number of amides is 1. The first-order chi connectivity index (χ1) is 13.2. The van der Waals surface area contributed by atoms with Gasteiger partial charge in [-0.3, -0.25) is 4.79 Å². The maximum atomic E-state index is 12.8. The van der Waals surface area contributed by atoms with Gasteiger partial charge in [-0.2, -0.15) is 4.98 Å². The van der Waals surface area contributed by atoms with Crippen LogP contribution in [-0.4, -0.2) is 40.5 Å². The Hall–Kier alpha value is -1.30. The molecule has 1 amide bonds. The van der Waals surface area contributed by atoms with Crippen LogP contribution in [0.4, 0.5) is 5.13 Å². The summed E-state index contributed by atoms with van der Waals surface area (Å²) in [4.78, 5) is 19.8. The summed E-state index contributed by atoms with van der Waals surface area (Å²) in [5, 5.41) is 14.3. The number of likely N-dealkylation sites (tertiary alicyclic amines) is 1. The van der Waals surface area contributed by atoms with Crippen LogP contribution in [0.1, 0.15) is 69.1 Å². The second-order valence-corrected chi connectivity index (χ2v) is 9.84. The van der Waals surface area contributed by atoms with Gasteiger partial charge >= 0.3 is 0 Å². The molecule has 2 heterocycles. The van der Waals surface area contributed by atoms with Gasteiger partial charge in [-0.25, -0.2) is 0 Å². The fourth-order valence-electron chi connectivity index (χ4n) is 5.23. The summed E-state index contributed by atoms with van der Waals surface area (Å²) in [6.07, 6.45) is 13.3. The minimum atomic E-state index is 0.0343. The Morgan fingerprint density at radius 3 is 2.63 bits per heavy atom. The quantitative estimate of drug-likeness (QED) is 0.780. The van der Waals surface area contributed by atoms with Crippen molar-refractivity contribution < 1.29 is 9.90 Å². The predicted molar refractivity (Wildman–Crippen MR) is 109 cm³/mol. The number of anilines is 1. The molecule has 1 aromatic rings. The number of carbonyl (C=O) groups is 1. The van der Waals surface area contributed by atoms with Crippen LogP contribution in [0, 0.1) is 17.8 Å². The van der Waals surface area contributed by atoms with Crippen molar-refractivity contribution in [3.63, 3.8) is 0 Å². The number of thiazole rings is 1. The average Bonchev–Trinajstić information content (AvgIpc) is 3.06. The maximum Gasteiger partial charge on any atom is 0.228 e. The highest BCUT2D eigenvalue weighted by Crippen LogP contribution is 2.37. The fraction of sp³-hybridized carbons (Fsp3) is 0.810. The zero-order valence-electron chi connectivity index (χ0n) is 16.3. The van der Waals surface area contributed by atoms with Gasteiger partial charge in [-0.05, 0) is 43.4 Å². The third kappa shape index (κ3) is 4.76. The van der Waals surface area contributed by atoms with Crippen molar-refractivity contribution in [1.82, 2.24) is 9.88 Å². The van der Waals surface area contributed by atoms with Crippen molar-refractivity contribution in [2.75, 3.05) is 25.0 Å². The van der Waals surface area contributed by atoms with Crippen LogP contribution < -0.4 is 5.32 Å². The van der Waals surface area contributed by atoms with Crippen LogP contribution in [0.25, 0.3) is 0 Å². The van der Waals surface area contributed by atoms with Crippen LogP contribution in [-0.2, 0) is 11.2 Å². The highest BCUT2D eigenvalue weighted by atomic mass is 32.1. The maximum absolute atomic E-state index is 12.8. The number of aromatic nitrogens is 1. The molecule has 3 fully saturated rings. The Kier molecular flexibility index (Phi) is 6.21. The Morgan fingerprint density at radius 1 is 1.07 bits per heavy atom. The van der Waals surface area contributed by atoms with Gasteiger partial charge in [-0.1, -0.05) is 49.9 Å². The van der Waals surface area contributed by atoms with Crippen molar-refractivity contribution >= 4 is 22.4 Å². The number of carbonyl (C=O) groups excluding carboxylic acids is 1. The summed E-state index contributed by atoms with van der Waals surface area (Å²) in [5.74, 6) is 2.42. The van der Waals surface area contributed by atoms with E-state index >= 15 is 0 Å². The van der Waals surface area contributed by atoms with Gasteiger partial charge in [0.2, 0.25) is 11.8 Å². The van der Waals surface area contributed by atoms with E-state index in [-0.39, 0.29) is 18.2 Å². The van der Waals surface area contributed by atoms with Gasteiger partial charge in [0.05, 0.1) is 11.3 Å². The van der Waals surface area contributed by atoms with E-state index in [1.54, 1.807) is 0 Å². The van der Waals surface area contributed by atoms with E-state index in [1.807, 2.05) is 4.90 Å². The van der Waals surface area contributed by atoms with Crippen LogP contribution in [0.5, 0.6) is 5.88 Å². The Balaban J connectivity index is 1.29. The topological polar surface area (TPSA) is 65.5 Å². The molecule has 1 aromatic heterocycles. The molecule has 1 saturated heterocycles. The second-order valence-electron chi connectivity index (χ2n) is 8.76. The average molecular weight is 392 g/mol. The highest BCUT2D eigenvalue weighted by molar-refractivity contribution is 7.16. The number of nitrogens with zero attached hydrogens (tertiary/aromatic N) is 2. The Morgan fingerprint density at radius 2 is 1.81 bits per heavy atom. The molecule has 6 heteroatoms. The summed E-state index contributed by atoms with van der Waals surface area (Å²) in [6, 6.07) is 0. The molecular weight excluding hydrogens is 358 g/mol. The van der Waals surface area contributed by atoms with Gasteiger partial charge in [0.1, 0.15) is 0 Å². The van der Waals surface area contributed by atoms with Gasteiger partial charge in [-0.15, -0.1) is 0 Å². The third-order valence-corrected chi connectivity index (χ3v) is 7.90. The summed E-state index contributed by atoms with van der Waals surface area (Å²) >= 11 is 1.44. The van der Waals surface area contributed by atoms with Crippen molar-refractivity contribution in [2.24, 2.45) is 17.8 Å². The van der Waals surface area contributed by atoms with Crippen LogP contribution >= 0.6 is 11.3 Å². The molecule has 0 bridgehead atoms. The SMILES string of the molecule is O=C(Cc1sc(NCC2CCCCC2)nc1O)N1CCC2CCCCC2C1. The van der Waals surface area contributed by atoms with Crippen molar-refractivity contribution in [1.29, 1.82) is 0 Å². The van der Waals surface area contributed by atoms with E-state index in [2.05, 4.69) is 10.3 Å². The fourth-order valence-corrected chi connectivity index (χ4v) is 6.09. The van der Waals surface area contributed by atoms with E-state index < -0.39 is 0 Å². The number of piperidine rings is 1. The highest BCUT2D eigenvalue weighted by Gasteiger charge is 2.33. The van der Waals surface area contributed by atoms with Gasteiger partial charge in [0, 0.05) is 19.6 Å². The number of nitrogens with one attached hydrogen (secondary N) is 1. The van der Waals surface area contributed by atoms with Crippen molar-refractivity contribution in [3.8, 4) is 5.88 Å². The number of hydrogen-bond acceptors (Lipinski definition) is 5. The van der Waals surface area contributed by atoms with Crippen LogP contribution in [0.15, 0.2) is 0 Å². The monoisotopic (exact) mass is 391 g/mol. The Bertz CT molecular complexity index is 641. The van der Waals surface area contributed by atoms with Gasteiger partial charge in [0.15, 0.2) is 5.13 Å². The second kappa shape index (κ2) is 8.80. The Labute approximate surface area is 166 Å². The number of hydrogen-bond donors (Lipinski definition) is 2. The molecule has 2 unspecified atom stereocenters. The number of rotatable bonds is 5. The first-order valence-corrected chi connectivity index (χ1v) is 11.7. The summed E-state index contributed by atoms with van der Waals surface area (Å²) in [6.45, 7) is 2.72. The molecule has 0 radical (unpaired) electrons. The molecule has 0 spiro atoms.